The van der Waals surface area contributed by atoms with Crippen LogP contribution in [0.15, 0.2) is 0 Å². The quantitative estimate of drug-likeness (QED) is 0.213. The first-order valence-corrected chi connectivity index (χ1v) is 5.19. The molecule has 0 aliphatic heterocycles. The second-order valence-corrected chi connectivity index (χ2v) is 3.83. The lowest BCUT2D eigenvalue weighted by Crippen LogP contribution is -2.54. The van der Waals surface area contributed by atoms with Crippen LogP contribution in [0.4, 0.5) is 0 Å². The van der Waals surface area contributed by atoms with Gasteiger partial charge in [-0.1, -0.05) is 0 Å². The number of rotatable bonds is 8. The number of carbonyl (C=O) groups is 1. The molecule has 0 rings (SSSR count). The molecule has 0 saturated carbocycles. The van der Waals surface area contributed by atoms with Crippen molar-refractivity contribution in [3.8, 4) is 0 Å². The number of hydrogen-bond acceptors (Lipinski definition) is 9. The minimum absolute atomic E-state index is 0.404. The van der Waals surface area contributed by atoms with Gasteiger partial charge in [0.1, 0.15) is 37.1 Å². The smallest absolute Gasteiger partial charge is 0.189 e. The summed E-state index contributed by atoms with van der Waals surface area (Å²) in [6.45, 7) is -1.46. The fraction of sp³-hybridized carbons (Fsp3) is 0.889. The van der Waals surface area contributed by atoms with Gasteiger partial charge in [0.25, 0.3) is 0 Å². The molecular formula is C9H19NO8. The molecule has 0 aromatic heterocycles. The average molecular weight is 269 g/mol. The summed E-state index contributed by atoms with van der Waals surface area (Å²) in [5, 5.41) is 64.2. The maximum atomic E-state index is 10.9. The summed E-state index contributed by atoms with van der Waals surface area (Å²) < 4.78 is 0. The number of aliphatic hydroxyl groups is 7. The fourth-order valence-corrected chi connectivity index (χ4v) is 1.24. The number of ketones is 1. The Kier molecular flexibility index (Phi) is 7.43. The van der Waals surface area contributed by atoms with Gasteiger partial charge < -0.3 is 41.5 Å². The normalized spacial score (nSPS) is 21.8. The molecule has 0 fully saturated rings. The molecule has 0 aromatic carbocycles. The highest BCUT2D eigenvalue weighted by molar-refractivity contribution is 5.84. The van der Waals surface area contributed by atoms with Gasteiger partial charge >= 0.3 is 0 Å². The topological polar surface area (TPSA) is 185 Å². The molecule has 0 spiro atoms. The van der Waals surface area contributed by atoms with Crippen LogP contribution in [-0.2, 0) is 4.79 Å². The van der Waals surface area contributed by atoms with E-state index in [1.165, 1.54) is 0 Å². The van der Waals surface area contributed by atoms with Gasteiger partial charge in [-0.25, -0.2) is 0 Å². The Balaban J connectivity index is 4.62. The van der Waals surface area contributed by atoms with Crippen LogP contribution >= 0.6 is 0 Å². The summed E-state index contributed by atoms with van der Waals surface area (Å²) in [5.74, 6) is -1.16. The van der Waals surface area contributed by atoms with Gasteiger partial charge in [0.05, 0.1) is 6.10 Å². The summed E-state index contributed by atoms with van der Waals surface area (Å²) in [6, 6.07) is 0. The molecule has 6 atom stereocenters. The number of Topliss-reactive ketones (excluding diaryl/α,β-unsaturated/α-hetero) is 1. The molecule has 0 aromatic rings. The molecule has 0 unspecified atom stereocenters. The second kappa shape index (κ2) is 7.71. The van der Waals surface area contributed by atoms with Gasteiger partial charge in [-0.2, -0.15) is 0 Å². The lowest BCUT2D eigenvalue weighted by atomic mass is 9.95. The van der Waals surface area contributed by atoms with E-state index in [4.69, 9.17) is 15.9 Å². The summed E-state index contributed by atoms with van der Waals surface area (Å²) >= 11 is 0. The molecule has 9 N–H and O–H groups in total. The van der Waals surface area contributed by atoms with Crippen molar-refractivity contribution in [3.63, 3.8) is 0 Å². The lowest BCUT2D eigenvalue weighted by molar-refractivity contribution is -0.162. The highest BCUT2D eigenvalue weighted by Crippen LogP contribution is 2.11. The van der Waals surface area contributed by atoms with Crippen molar-refractivity contribution in [2.75, 3.05) is 13.2 Å². The second-order valence-electron chi connectivity index (χ2n) is 3.83. The molecular weight excluding hydrogens is 250 g/mol. The molecule has 0 amide bonds. The largest absolute Gasteiger partial charge is 0.389 e. The average Bonchev–Trinajstić information content (AvgIpc) is 2.40. The van der Waals surface area contributed by atoms with Crippen LogP contribution in [0.3, 0.4) is 0 Å². The standard InChI is InChI=1S/C9H19NO8/c10-1-3(12)5(14)7(16)9(18)8(17)6(15)4(13)2-11/h3,5-9,11-12,14-18H,1-2,10H2/t3-,5+,6+,7-,8-,9-/m1/s1. The van der Waals surface area contributed by atoms with Gasteiger partial charge in [0, 0.05) is 6.54 Å². The minimum atomic E-state index is -2.13. The summed E-state index contributed by atoms with van der Waals surface area (Å²) in [6.07, 6.45) is -11.8. The zero-order valence-electron chi connectivity index (χ0n) is 9.49. The Labute approximate surface area is 103 Å². The van der Waals surface area contributed by atoms with Gasteiger partial charge in [-0.3, -0.25) is 4.79 Å². The van der Waals surface area contributed by atoms with Crippen LogP contribution in [-0.4, -0.2) is 91.3 Å². The number of hydrogen-bond donors (Lipinski definition) is 8. The van der Waals surface area contributed by atoms with Crippen LogP contribution in [0, 0.1) is 0 Å². The van der Waals surface area contributed by atoms with E-state index < -0.39 is 55.6 Å². The van der Waals surface area contributed by atoms with E-state index in [0.717, 1.165) is 0 Å². The molecule has 9 heteroatoms. The van der Waals surface area contributed by atoms with Crippen molar-refractivity contribution < 1.29 is 40.5 Å². The van der Waals surface area contributed by atoms with Gasteiger partial charge in [-0.15, -0.1) is 0 Å². The van der Waals surface area contributed by atoms with E-state index in [9.17, 15) is 30.3 Å². The Morgan fingerprint density at radius 2 is 1.33 bits per heavy atom. The van der Waals surface area contributed by atoms with Gasteiger partial charge in [0.2, 0.25) is 0 Å². The van der Waals surface area contributed by atoms with Crippen LogP contribution in [0.2, 0.25) is 0 Å². The van der Waals surface area contributed by atoms with Crippen molar-refractivity contribution in [2.45, 2.75) is 36.6 Å². The van der Waals surface area contributed by atoms with Crippen LogP contribution in [0.1, 0.15) is 0 Å². The zero-order chi connectivity index (χ0) is 14.5. The molecule has 9 nitrogen and oxygen atoms in total. The zero-order valence-corrected chi connectivity index (χ0v) is 9.49. The number of carbonyl (C=O) groups excluding carboxylic acids is 1. The first kappa shape index (κ1) is 17.4. The third-order valence-corrected chi connectivity index (χ3v) is 2.49. The van der Waals surface area contributed by atoms with Crippen molar-refractivity contribution in [2.24, 2.45) is 5.73 Å². The Morgan fingerprint density at radius 3 is 1.72 bits per heavy atom. The van der Waals surface area contributed by atoms with Crippen LogP contribution in [0.5, 0.6) is 0 Å². The van der Waals surface area contributed by atoms with Crippen molar-refractivity contribution in [1.82, 2.24) is 0 Å². The highest BCUT2D eigenvalue weighted by atomic mass is 16.4. The van der Waals surface area contributed by atoms with Crippen molar-refractivity contribution in [3.05, 3.63) is 0 Å². The van der Waals surface area contributed by atoms with E-state index in [-0.39, 0.29) is 0 Å². The van der Waals surface area contributed by atoms with Crippen LogP contribution < -0.4 is 5.73 Å². The maximum absolute atomic E-state index is 10.9. The third-order valence-electron chi connectivity index (χ3n) is 2.49. The predicted octanol–water partition coefficient (Wildman–Crippen LogP) is -5.33. The third kappa shape index (κ3) is 4.23. The van der Waals surface area contributed by atoms with E-state index >= 15 is 0 Å². The molecule has 0 aliphatic carbocycles. The molecule has 0 aliphatic rings. The van der Waals surface area contributed by atoms with Gasteiger partial charge in [0.15, 0.2) is 5.78 Å². The summed E-state index contributed by atoms with van der Waals surface area (Å²) in [7, 11) is 0. The Morgan fingerprint density at radius 1 is 0.889 bits per heavy atom. The summed E-state index contributed by atoms with van der Waals surface area (Å²) in [5.41, 5.74) is 5.01. The fourth-order valence-electron chi connectivity index (χ4n) is 1.24. The predicted molar refractivity (Wildman–Crippen MR) is 57.2 cm³/mol. The highest BCUT2D eigenvalue weighted by Gasteiger charge is 2.38. The van der Waals surface area contributed by atoms with Crippen molar-refractivity contribution in [1.29, 1.82) is 0 Å². The van der Waals surface area contributed by atoms with E-state index in [1.807, 2.05) is 0 Å². The number of aliphatic hydroxyl groups excluding tert-OH is 7. The molecule has 0 bridgehead atoms. The first-order valence-electron chi connectivity index (χ1n) is 5.19. The first-order chi connectivity index (χ1) is 8.27. The Hall–Kier alpha value is -0.650. The van der Waals surface area contributed by atoms with E-state index in [1.54, 1.807) is 0 Å². The maximum Gasteiger partial charge on any atom is 0.189 e. The minimum Gasteiger partial charge on any atom is -0.389 e. The molecule has 0 saturated heterocycles. The molecule has 108 valence electrons. The summed E-state index contributed by atoms with van der Waals surface area (Å²) in [4.78, 5) is 10.9. The van der Waals surface area contributed by atoms with E-state index in [0.29, 0.717) is 0 Å². The van der Waals surface area contributed by atoms with Crippen LogP contribution in [0.25, 0.3) is 0 Å². The Bertz CT molecular complexity index is 263. The van der Waals surface area contributed by atoms with Gasteiger partial charge in [-0.05, 0) is 0 Å². The monoisotopic (exact) mass is 269 g/mol. The lowest BCUT2D eigenvalue weighted by Gasteiger charge is -2.30. The number of nitrogens with two attached hydrogens (primary N) is 1. The van der Waals surface area contributed by atoms with Crippen molar-refractivity contribution >= 4 is 5.78 Å². The molecule has 18 heavy (non-hydrogen) atoms. The molecule has 0 radical (unpaired) electrons. The SMILES string of the molecule is NC[C@@H](O)[C@H](O)[C@@H](O)[C@@H](O)[C@H](O)[C@@H](O)C(=O)CO. The van der Waals surface area contributed by atoms with E-state index in [2.05, 4.69) is 0 Å². The molecule has 0 heterocycles.